The molecule has 3 aromatic rings. The van der Waals surface area contributed by atoms with E-state index in [2.05, 4.69) is 41.2 Å². The molecule has 0 saturated carbocycles. The lowest BCUT2D eigenvalue weighted by molar-refractivity contribution is 0.215. The maximum absolute atomic E-state index is 6.10. The van der Waals surface area contributed by atoms with Gasteiger partial charge < -0.3 is 15.6 Å². The minimum atomic E-state index is 0.635. The summed E-state index contributed by atoms with van der Waals surface area (Å²) >= 11 is 6.10. The number of fused-ring (bicyclic) bond motifs is 1. The summed E-state index contributed by atoms with van der Waals surface area (Å²) in [4.78, 5) is 5.97. The highest BCUT2D eigenvalue weighted by Gasteiger charge is 2.22. The molecule has 0 unspecified atom stereocenters. The van der Waals surface area contributed by atoms with Crippen LogP contribution in [-0.4, -0.2) is 29.5 Å². The first kappa shape index (κ1) is 17.4. The number of nitrogen functional groups attached to an aromatic ring is 1. The molecule has 0 bridgehead atoms. The number of nitrogens with two attached hydrogens (primary N) is 1. The number of benzene rings is 2. The number of piperidine rings is 1. The highest BCUT2D eigenvalue weighted by Crippen LogP contribution is 2.34. The van der Waals surface area contributed by atoms with Gasteiger partial charge in [-0.05, 0) is 86.1 Å². The normalized spacial score (nSPS) is 16.4. The first-order chi connectivity index (χ1) is 12.6. The van der Waals surface area contributed by atoms with Crippen molar-refractivity contribution < 1.29 is 0 Å². The number of aromatic nitrogens is 1. The van der Waals surface area contributed by atoms with Gasteiger partial charge in [0, 0.05) is 34.4 Å². The molecule has 3 N–H and O–H groups in total. The summed E-state index contributed by atoms with van der Waals surface area (Å²) in [6.45, 7) is 5.60. The maximum Gasteiger partial charge on any atom is 0.0471 e. The summed E-state index contributed by atoms with van der Waals surface area (Å²) in [6.07, 6.45) is 5.68. The fourth-order valence-corrected chi connectivity index (χ4v) is 4.34. The number of nitrogens with zero attached hydrogens (tertiary/aromatic N) is 1. The molecule has 0 amide bonds. The molecule has 136 valence electrons. The van der Waals surface area contributed by atoms with Gasteiger partial charge in [0.05, 0.1) is 0 Å². The first-order valence-electron chi connectivity index (χ1n) is 9.44. The molecule has 1 saturated heterocycles. The molecule has 26 heavy (non-hydrogen) atoms. The third-order valence-corrected chi connectivity index (χ3v) is 6.01. The van der Waals surface area contributed by atoms with Crippen molar-refractivity contribution in [3.05, 3.63) is 64.3 Å². The van der Waals surface area contributed by atoms with Gasteiger partial charge in [0.15, 0.2) is 0 Å². The van der Waals surface area contributed by atoms with Crippen molar-refractivity contribution in [3.63, 3.8) is 0 Å². The molecule has 0 spiro atoms. The standard InChI is InChI=1S/C22H26ClN3/c1-15-2-4-19(24)12-17(15)8-11-26-9-6-16(7-10-26)21-14-25-22-13-18(23)3-5-20(21)22/h2-5,12-14,16,25H,6-11,24H2,1H3. The van der Waals surface area contributed by atoms with Crippen molar-refractivity contribution >= 4 is 28.2 Å². The van der Waals surface area contributed by atoms with E-state index in [0.29, 0.717) is 5.92 Å². The van der Waals surface area contributed by atoms with Crippen LogP contribution in [0.15, 0.2) is 42.6 Å². The fraction of sp³-hybridized carbons (Fsp3) is 0.364. The number of hydrogen-bond acceptors (Lipinski definition) is 2. The van der Waals surface area contributed by atoms with Gasteiger partial charge in [-0.15, -0.1) is 0 Å². The predicted molar refractivity (Wildman–Crippen MR) is 111 cm³/mol. The molecule has 3 nitrogen and oxygen atoms in total. The van der Waals surface area contributed by atoms with E-state index < -0.39 is 0 Å². The Morgan fingerprint density at radius 1 is 1.15 bits per heavy atom. The van der Waals surface area contributed by atoms with Gasteiger partial charge in [-0.25, -0.2) is 0 Å². The Balaban J connectivity index is 1.37. The molecule has 4 rings (SSSR count). The summed E-state index contributed by atoms with van der Waals surface area (Å²) in [7, 11) is 0. The zero-order valence-electron chi connectivity index (χ0n) is 15.3. The smallest absolute Gasteiger partial charge is 0.0471 e. The van der Waals surface area contributed by atoms with Crippen molar-refractivity contribution in [2.75, 3.05) is 25.4 Å². The van der Waals surface area contributed by atoms with E-state index in [-0.39, 0.29) is 0 Å². The quantitative estimate of drug-likeness (QED) is 0.627. The Morgan fingerprint density at radius 3 is 2.77 bits per heavy atom. The van der Waals surface area contributed by atoms with E-state index in [1.165, 1.54) is 34.9 Å². The first-order valence-corrected chi connectivity index (χ1v) is 9.82. The average Bonchev–Trinajstić information content (AvgIpc) is 3.06. The van der Waals surface area contributed by atoms with Crippen LogP contribution in [0.5, 0.6) is 0 Å². The SMILES string of the molecule is Cc1ccc(N)cc1CCN1CCC(c2c[nH]c3cc(Cl)ccc23)CC1. The number of hydrogen-bond donors (Lipinski definition) is 2. The second-order valence-electron chi connectivity index (χ2n) is 7.49. The number of rotatable bonds is 4. The Hall–Kier alpha value is -1.97. The topological polar surface area (TPSA) is 45.0 Å². The van der Waals surface area contributed by atoms with Crippen molar-refractivity contribution in [2.45, 2.75) is 32.1 Å². The molecule has 1 aromatic heterocycles. The van der Waals surface area contributed by atoms with Gasteiger partial charge in [-0.2, -0.15) is 0 Å². The van der Waals surface area contributed by atoms with E-state index >= 15 is 0 Å². The maximum atomic E-state index is 6.10. The Kier molecular flexibility index (Phi) is 4.92. The van der Waals surface area contributed by atoms with E-state index in [4.69, 9.17) is 17.3 Å². The molecule has 2 heterocycles. The minimum absolute atomic E-state index is 0.635. The van der Waals surface area contributed by atoms with E-state index in [0.717, 1.165) is 42.3 Å². The van der Waals surface area contributed by atoms with Crippen LogP contribution < -0.4 is 5.73 Å². The van der Waals surface area contributed by atoms with Crippen molar-refractivity contribution in [3.8, 4) is 0 Å². The predicted octanol–water partition coefficient (Wildman–Crippen LogP) is 5.13. The molecule has 0 radical (unpaired) electrons. The summed E-state index contributed by atoms with van der Waals surface area (Å²) in [5.74, 6) is 0.635. The molecular weight excluding hydrogens is 342 g/mol. The molecule has 4 heteroatoms. The minimum Gasteiger partial charge on any atom is -0.399 e. The zero-order valence-corrected chi connectivity index (χ0v) is 16.0. The highest BCUT2D eigenvalue weighted by atomic mass is 35.5. The van der Waals surface area contributed by atoms with Gasteiger partial charge in [0.2, 0.25) is 0 Å². The van der Waals surface area contributed by atoms with Crippen LogP contribution in [0, 0.1) is 6.92 Å². The summed E-state index contributed by atoms with van der Waals surface area (Å²) in [5, 5.41) is 2.11. The Labute approximate surface area is 160 Å². The van der Waals surface area contributed by atoms with Crippen LogP contribution in [0.3, 0.4) is 0 Å². The number of aromatic amines is 1. The van der Waals surface area contributed by atoms with Crippen LogP contribution in [0.4, 0.5) is 5.69 Å². The number of nitrogens with one attached hydrogen (secondary N) is 1. The highest BCUT2D eigenvalue weighted by molar-refractivity contribution is 6.31. The van der Waals surface area contributed by atoms with Crippen molar-refractivity contribution in [2.24, 2.45) is 0 Å². The number of likely N-dealkylation sites (tertiary alicyclic amines) is 1. The van der Waals surface area contributed by atoms with Gasteiger partial charge in [-0.3, -0.25) is 0 Å². The van der Waals surface area contributed by atoms with Gasteiger partial charge >= 0.3 is 0 Å². The summed E-state index contributed by atoms with van der Waals surface area (Å²) in [5.41, 5.74) is 12.1. The van der Waals surface area contributed by atoms with Crippen LogP contribution in [-0.2, 0) is 6.42 Å². The zero-order chi connectivity index (χ0) is 18.1. The van der Waals surface area contributed by atoms with Gasteiger partial charge in [-0.1, -0.05) is 23.7 Å². The van der Waals surface area contributed by atoms with Crippen LogP contribution in [0.1, 0.15) is 35.4 Å². The summed E-state index contributed by atoms with van der Waals surface area (Å²) in [6, 6.07) is 12.4. The Bertz CT molecular complexity index is 907. The largest absolute Gasteiger partial charge is 0.399 e. The lowest BCUT2D eigenvalue weighted by Crippen LogP contribution is -2.34. The van der Waals surface area contributed by atoms with E-state index in [9.17, 15) is 0 Å². The second-order valence-corrected chi connectivity index (χ2v) is 7.92. The van der Waals surface area contributed by atoms with Crippen LogP contribution >= 0.6 is 11.6 Å². The molecular formula is C22H26ClN3. The lowest BCUT2D eigenvalue weighted by Gasteiger charge is -2.32. The van der Waals surface area contributed by atoms with Crippen molar-refractivity contribution in [1.29, 1.82) is 0 Å². The van der Waals surface area contributed by atoms with Crippen molar-refractivity contribution in [1.82, 2.24) is 9.88 Å². The molecule has 2 aromatic carbocycles. The molecule has 1 aliphatic heterocycles. The molecule has 0 aliphatic carbocycles. The number of halogens is 1. The summed E-state index contributed by atoms with van der Waals surface area (Å²) < 4.78 is 0. The molecule has 1 fully saturated rings. The van der Waals surface area contributed by atoms with Gasteiger partial charge in [0.1, 0.15) is 0 Å². The lowest BCUT2D eigenvalue weighted by atomic mass is 9.89. The van der Waals surface area contributed by atoms with E-state index in [1.54, 1.807) is 0 Å². The molecule has 1 aliphatic rings. The monoisotopic (exact) mass is 367 g/mol. The number of anilines is 1. The Morgan fingerprint density at radius 2 is 1.96 bits per heavy atom. The third-order valence-electron chi connectivity index (χ3n) is 5.77. The number of aryl methyl sites for hydroxylation is 1. The van der Waals surface area contributed by atoms with Crippen LogP contribution in [0.2, 0.25) is 5.02 Å². The average molecular weight is 368 g/mol. The fourth-order valence-electron chi connectivity index (χ4n) is 4.17. The van der Waals surface area contributed by atoms with Crippen LogP contribution in [0.25, 0.3) is 10.9 Å². The number of H-pyrrole nitrogens is 1. The second kappa shape index (κ2) is 7.34. The van der Waals surface area contributed by atoms with Gasteiger partial charge in [0.25, 0.3) is 0 Å². The van der Waals surface area contributed by atoms with E-state index in [1.807, 2.05) is 18.2 Å². The molecule has 0 atom stereocenters. The third kappa shape index (κ3) is 3.60.